The maximum atomic E-state index is 6.30. The molecule has 1 aromatic carbocycles. The van der Waals surface area contributed by atoms with E-state index in [2.05, 4.69) is 46.5 Å². The molecule has 2 N–H and O–H groups in total. The standard InChI is InChI=1S/C24H28N4O/c1-5-7-8-10-19-11-12-21(24-25-15-20(9-6-2)16-26-24)23(14-19)29-22-13-17(3)27-28-18(22)4/h11-16,27-28H,5-7,9H2,1-4H3. The molecule has 0 radical (unpaired) electrons. The van der Waals surface area contributed by atoms with E-state index >= 15 is 0 Å². The van der Waals surface area contributed by atoms with Gasteiger partial charge in [-0.3, -0.25) is 0 Å². The highest BCUT2D eigenvalue weighted by Crippen LogP contribution is 2.31. The van der Waals surface area contributed by atoms with Gasteiger partial charge in [0.05, 0.1) is 11.3 Å². The van der Waals surface area contributed by atoms with Crippen LogP contribution in [-0.4, -0.2) is 9.97 Å². The van der Waals surface area contributed by atoms with Crippen LogP contribution in [0.15, 0.2) is 53.8 Å². The molecule has 150 valence electrons. The first-order chi connectivity index (χ1) is 14.1. The van der Waals surface area contributed by atoms with Gasteiger partial charge in [0.1, 0.15) is 11.5 Å². The Kier molecular flexibility index (Phi) is 6.91. The molecular weight excluding hydrogens is 360 g/mol. The van der Waals surface area contributed by atoms with E-state index in [4.69, 9.17) is 4.74 Å². The zero-order valence-corrected chi connectivity index (χ0v) is 17.6. The molecular formula is C24H28N4O. The largest absolute Gasteiger partial charge is 0.455 e. The predicted molar refractivity (Wildman–Crippen MR) is 117 cm³/mol. The third kappa shape index (κ3) is 5.39. The van der Waals surface area contributed by atoms with Gasteiger partial charge in [0, 0.05) is 36.2 Å². The second-order valence-corrected chi connectivity index (χ2v) is 7.10. The minimum Gasteiger partial charge on any atom is -0.455 e. The second-order valence-electron chi connectivity index (χ2n) is 7.10. The molecule has 29 heavy (non-hydrogen) atoms. The van der Waals surface area contributed by atoms with Crippen LogP contribution in [0.3, 0.4) is 0 Å². The molecule has 0 aliphatic carbocycles. The molecule has 2 aromatic rings. The van der Waals surface area contributed by atoms with Gasteiger partial charge in [-0.15, -0.1) is 0 Å². The number of aromatic nitrogens is 2. The van der Waals surface area contributed by atoms with Crippen LogP contribution in [0.25, 0.3) is 11.4 Å². The number of nitrogens with zero attached hydrogens (tertiary/aromatic N) is 2. The van der Waals surface area contributed by atoms with Crippen LogP contribution in [0.2, 0.25) is 0 Å². The number of allylic oxidation sites excluding steroid dienone is 3. The summed E-state index contributed by atoms with van der Waals surface area (Å²) < 4.78 is 6.30. The van der Waals surface area contributed by atoms with Crippen molar-refractivity contribution in [1.29, 1.82) is 0 Å². The Morgan fingerprint density at radius 3 is 2.55 bits per heavy atom. The number of rotatable bonds is 6. The molecule has 0 fully saturated rings. The summed E-state index contributed by atoms with van der Waals surface area (Å²) in [6.07, 6.45) is 9.72. The first-order valence-corrected chi connectivity index (χ1v) is 10.1. The van der Waals surface area contributed by atoms with Gasteiger partial charge in [-0.05, 0) is 50.5 Å². The van der Waals surface area contributed by atoms with Gasteiger partial charge in [0.2, 0.25) is 0 Å². The van der Waals surface area contributed by atoms with Crippen molar-refractivity contribution >= 4 is 0 Å². The summed E-state index contributed by atoms with van der Waals surface area (Å²) in [7, 11) is 0. The molecule has 2 heterocycles. The highest BCUT2D eigenvalue weighted by molar-refractivity contribution is 5.66. The molecule has 5 nitrogen and oxygen atoms in total. The van der Waals surface area contributed by atoms with Crippen LogP contribution in [0, 0.1) is 11.8 Å². The van der Waals surface area contributed by atoms with E-state index in [0.717, 1.165) is 59.5 Å². The SMILES string of the molecule is CCCC#Cc1ccc(-c2ncc(CCC)cn2)c(OC2=C(C)NNC(C)=C2)c1. The number of benzene rings is 1. The molecule has 1 aliphatic rings. The normalized spacial score (nSPS) is 13.0. The fourth-order valence-corrected chi connectivity index (χ4v) is 2.89. The van der Waals surface area contributed by atoms with E-state index in [1.54, 1.807) is 0 Å². The molecule has 1 aliphatic heterocycles. The van der Waals surface area contributed by atoms with Crippen molar-refractivity contribution in [3.05, 3.63) is 64.9 Å². The van der Waals surface area contributed by atoms with Crippen LogP contribution in [0.5, 0.6) is 5.75 Å². The zero-order valence-electron chi connectivity index (χ0n) is 17.6. The third-order valence-corrected chi connectivity index (χ3v) is 4.46. The summed E-state index contributed by atoms with van der Waals surface area (Å²) in [5, 5.41) is 0. The van der Waals surface area contributed by atoms with Gasteiger partial charge in [-0.1, -0.05) is 32.1 Å². The minimum absolute atomic E-state index is 0.647. The van der Waals surface area contributed by atoms with Crippen molar-refractivity contribution in [2.45, 2.75) is 53.4 Å². The highest BCUT2D eigenvalue weighted by Gasteiger charge is 2.15. The van der Waals surface area contributed by atoms with Gasteiger partial charge in [0.25, 0.3) is 0 Å². The van der Waals surface area contributed by atoms with E-state index in [-0.39, 0.29) is 0 Å². The lowest BCUT2D eigenvalue weighted by Gasteiger charge is -2.21. The van der Waals surface area contributed by atoms with Crippen molar-refractivity contribution < 1.29 is 4.74 Å². The van der Waals surface area contributed by atoms with Gasteiger partial charge in [0.15, 0.2) is 5.82 Å². The Bertz CT molecular complexity index is 978. The maximum Gasteiger partial charge on any atom is 0.162 e. The number of unbranched alkanes of at least 4 members (excludes halogenated alkanes) is 1. The van der Waals surface area contributed by atoms with Crippen LogP contribution >= 0.6 is 0 Å². The van der Waals surface area contributed by atoms with E-state index in [0.29, 0.717) is 11.6 Å². The number of ether oxygens (including phenoxy) is 1. The number of nitrogens with one attached hydrogen (secondary N) is 2. The molecule has 1 aromatic heterocycles. The first kappa shape index (κ1) is 20.5. The summed E-state index contributed by atoms with van der Waals surface area (Å²) in [5.74, 6) is 8.51. The maximum absolute atomic E-state index is 6.30. The van der Waals surface area contributed by atoms with Gasteiger partial charge < -0.3 is 15.6 Å². The molecule has 0 atom stereocenters. The van der Waals surface area contributed by atoms with Crippen molar-refractivity contribution in [1.82, 2.24) is 20.8 Å². The van der Waals surface area contributed by atoms with E-state index < -0.39 is 0 Å². The molecule has 0 unspecified atom stereocenters. The number of aryl methyl sites for hydroxylation is 1. The number of hydrogen-bond donors (Lipinski definition) is 2. The molecule has 3 rings (SSSR count). The van der Waals surface area contributed by atoms with Crippen molar-refractivity contribution in [3.8, 4) is 29.0 Å². The smallest absolute Gasteiger partial charge is 0.162 e. The minimum atomic E-state index is 0.647. The van der Waals surface area contributed by atoms with E-state index in [9.17, 15) is 0 Å². The fourth-order valence-electron chi connectivity index (χ4n) is 2.89. The Hall–Kier alpha value is -3.26. The van der Waals surface area contributed by atoms with Crippen LogP contribution in [0.1, 0.15) is 58.1 Å². The molecule has 0 saturated heterocycles. The third-order valence-electron chi connectivity index (χ3n) is 4.46. The van der Waals surface area contributed by atoms with E-state index in [1.165, 1.54) is 0 Å². The highest BCUT2D eigenvalue weighted by atomic mass is 16.5. The number of hydrogen-bond acceptors (Lipinski definition) is 5. The van der Waals surface area contributed by atoms with Crippen molar-refractivity contribution in [3.63, 3.8) is 0 Å². The Balaban J connectivity index is 2.00. The monoisotopic (exact) mass is 388 g/mol. The average Bonchev–Trinajstić information content (AvgIpc) is 2.72. The molecule has 0 bridgehead atoms. The summed E-state index contributed by atoms with van der Waals surface area (Å²) in [4.78, 5) is 9.15. The van der Waals surface area contributed by atoms with Crippen molar-refractivity contribution in [2.75, 3.05) is 0 Å². The molecule has 0 amide bonds. The average molecular weight is 389 g/mol. The molecule has 5 heteroatoms. The quantitative estimate of drug-likeness (QED) is 0.692. The Labute approximate surface area is 173 Å². The Morgan fingerprint density at radius 2 is 1.83 bits per heavy atom. The zero-order chi connectivity index (χ0) is 20.6. The van der Waals surface area contributed by atoms with Crippen molar-refractivity contribution in [2.24, 2.45) is 0 Å². The van der Waals surface area contributed by atoms with Gasteiger partial charge in [-0.2, -0.15) is 0 Å². The second kappa shape index (κ2) is 9.79. The van der Waals surface area contributed by atoms with Crippen LogP contribution in [-0.2, 0) is 6.42 Å². The molecule has 0 spiro atoms. The summed E-state index contributed by atoms with van der Waals surface area (Å²) in [5.41, 5.74) is 11.0. The Morgan fingerprint density at radius 1 is 1.03 bits per heavy atom. The lowest BCUT2D eigenvalue weighted by molar-refractivity contribution is 0.421. The lowest BCUT2D eigenvalue weighted by atomic mass is 10.1. The van der Waals surface area contributed by atoms with Gasteiger partial charge >= 0.3 is 0 Å². The number of hydrazine groups is 1. The van der Waals surface area contributed by atoms with Gasteiger partial charge in [-0.25, -0.2) is 9.97 Å². The van der Waals surface area contributed by atoms with E-state index in [1.807, 2.05) is 50.5 Å². The topological polar surface area (TPSA) is 59.1 Å². The summed E-state index contributed by atoms with van der Waals surface area (Å²) >= 11 is 0. The first-order valence-electron chi connectivity index (χ1n) is 10.1. The predicted octanol–water partition coefficient (Wildman–Crippen LogP) is 4.87. The molecule has 0 saturated carbocycles. The summed E-state index contributed by atoms with van der Waals surface area (Å²) in [6, 6.07) is 5.95. The lowest BCUT2D eigenvalue weighted by Crippen LogP contribution is -2.33. The summed E-state index contributed by atoms with van der Waals surface area (Å²) in [6.45, 7) is 8.22. The van der Waals surface area contributed by atoms with Crippen LogP contribution in [0.4, 0.5) is 0 Å². The van der Waals surface area contributed by atoms with Crippen LogP contribution < -0.4 is 15.6 Å². The fraction of sp³-hybridized carbons (Fsp3) is 0.333.